The lowest BCUT2D eigenvalue weighted by Gasteiger charge is -2.03. The summed E-state index contributed by atoms with van der Waals surface area (Å²) in [5, 5.41) is 6.19. The molecule has 2 aromatic heterocycles. The molecule has 6 nitrogen and oxygen atoms in total. The van der Waals surface area contributed by atoms with Crippen molar-refractivity contribution in [2.45, 2.75) is 6.92 Å². The number of anilines is 3. The van der Waals surface area contributed by atoms with Gasteiger partial charge in [0.25, 0.3) is 5.91 Å². The molecule has 1 aromatic carbocycles. The van der Waals surface area contributed by atoms with E-state index in [0.29, 0.717) is 27.2 Å². The molecule has 2 N–H and O–H groups in total. The molecule has 0 aliphatic carbocycles. The van der Waals surface area contributed by atoms with E-state index >= 15 is 0 Å². The highest BCUT2D eigenvalue weighted by molar-refractivity contribution is 7.17. The van der Waals surface area contributed by atoms with Gasteiger partial charge in [-0.3, -0.25) is 4.79 Å². The predicted molar refractivity (Wildman–Crippen MR) is 91.5 cm³/mol. The number of aryl methyl sites for hydroxylation is 1. The summed E-state index contributed by atoms with van der Waals surface area (Å²) >= 11 is 6.93. The minimum Gasteiger partial charge on any atom is -0.331 e. The van der Waals surface area contributed by atoms with Crippen molar-refractivity contribution >= 4 is 45.5 Å². The number of rotatable bonds is 4. The summed E-state index contributed by atoms with van der Waals surface area (Å²) in [6.45, 7) is 1.73. The summed E-state index contributed by atoms with van der Waals surface area (Å²) in [7, 11) is 0. The Kier molecular flexibility index (Phi) is 4.68. The second-order valence-electron chi connectivity index (χ2n) is 4.74. The van der Waals surface area contributed by atoms with Gasteiger partial charge in [0.1, 0.15) is 22.8 Å². The molecule has 2 heterocycles. The molecule has 0 atom stereocenters. The van der Waals surface area contributed by atoms with E-state index in [4.69, 9.17) is 11.6 Å². The van der Waals surface area contributed by atoms with Crippen molar-refractivity contribution in [3.05, 3.63) is 58.2 Å². The first-order chi connectivity index (χ1) is 11.5. The minimum atomic E-state index is -0.498. The number of thiazole rings is 1. The van der Waals surface area contributed by atoms with Gasteiger partial charge < -0.3 is 10.6 Å². The summed E-state index contributed by atoms with van der Waals surface area (Å²) in [5.41, 5.74) is 1.15. The molecular weight excluding hydrogens is 353 g/mol. The molecule has 1 amide bonds. The van der Waals surface area contributed by atoms with Crippen molar-refractivity contribution in [1.82, 2.24) is 15.0 Å². The summed E-state index contributed by atoms with van der Waals surface area (Å²) in [5.74, 6) is -0.404. The number of halogens is 2. The average molecular weight is 364 g/mol. The first-order valence-corrected chi connectivity index (χ1v) is 7.99. The lowest BCUT2D eigenvalue weighted by molar-refractivity contribution is 0.102. The SMILES string of the molecule is Cc1nc(Nc2ccc(F)c(Cl)c2)sc1C(=O)Nc1ccncn1. The smallest absolute Gasteiger partial charge is 0.268 e. The van der Waals surface area contributed by atoms with Crippen LogP contribution in [0.3, 0.4) is 0 Å². The average Bonchev–Trinajstić information content (AvgIpc) is 2.92. The Bertz CT molecular complexity index is 887. The number of benzene rings is 1. The van der Waals surface area contributed by atoms with E-state index in [1.165, 1.54) is 36.0 Å². The van der Waals surface area contributed by atoms with Crippen molar-refractivity contribution in [2.24, 2.45) is 0 Å². The Balaban J connectivity index is 1.77. The molecule has 24 heavy (non-hydrogen) atoms. The molecule has 0 saturated carbocycles. The lowest BCUT2D eigenvalue weighted by atomic mass is 10.3. The third-order valence-corrected chi connectivity index (χ3v) is 4.36. The van der Waals surface area contributed by atoms with Crippen molar-refractivity contribution < 1.29 is 9.18 Å². The fourth-order valence-corrected chi connectivity index (χ4v) is 2.96. The maximum Gasteiger partial charge on any atom is 0.268 e. The Morgan fingerprint density at radius 1 is 1.33 bits per heavy atom. The Morgan fingerprint density at radius 2 is 2.17 bits per heavy atom. The van der Waals surface area contributed by atoms with Gasteiger partial charge in [0.2, 0.25) is 0 Å². The van der Waals surface area contributed by atoms with E-state index in [-0.39, 0.29) is 10.9 Å². The van der Waals surface area contributed by atoms with Crippen LogP contribution in [0.1, 0.15) is 15.4 Å². The Hall–Kier alpha value is -2.58. The van der Waals surface area contributed by atoms with Gasteiger partial charge in [0.05, 0.1) is 10.7 Å². The van der Waals surface area contributed by atoms with Crippen LogP contribution in [-0.2, 0) is 0 Å². The number of aromatic nitrogens is 3. The van der Waals surface area contributed by atoms with Crippen LogP contribution in [-0.4, -0.2) is 20.9 Å². The number of carbonyl (C=O) groups excluding carboxylic acids is 1. The second-order valence-corrected chi connectivity index (χ2v) is 6.14. The van der Waals surface area contributed by atoms with Crippen molar-refractivity contribution in [3.8, 4) is 0 Å². The van der Waals surface area contributed by atoms with E-state index in [2.05, 4.69) is 25.6 Å². The highest BCUT2D eigenvalue weighted by Gasteiger charge is 2.16. The molecule has 0 bridgehead atoms. The third kappa shape index (κ3) is 3.66. The summed E-state index contributed by atoms with van der Waals surface area (Å²) in [6.07, 6.45) is 2.88. The van der Waals surface area contributed by atoms with E-state index in [0.717, 1.165) is 0 Å². The van der Waals surface area contributed by atoms with Gasteiger partial charge in [-0.15, -0.1) is 0 Å². The fraction of sp³-hybridized carbons (Fsp3) is 0.0667. The Morgan fingerprint density at radius 3 is 2.88 bits per heavy atom. The molecule has 0 spiro atoms. The zero-order chi connectivity index (χ0) is 17.1. The van der Waals surface area contributed by atoms with Gasteiger partial charge in [-0.2, -0.15) is 0 Å². The van der Waals surface area contributed by atoms with E-state index in [9.17, 15) is 9.18 Å². The summed E-state index contributed by atoms with van der Waals surface area (Å²) in [4.78, 5) is 24.8. The van der Waals surface area contributed by atoms with Gasteiger partial charge in [0.15, 0.2) is 5.13 Å². The second kappa shape index (κ2) is 6.90. The number of nitrogens with zero attached hydrogens (tertiary/aromatic N) is 3. The molecule has 0 saturated heterocycles. The Labute approximate surface area is 145 Å². The van der Waals surface area contributed by atoms with Crippen LogP contribution in [0.5, 0.6) is 0 Å². The molecule has 0 aliphatic rings. The minimum absolute atomic E-state index is 0.00926. The molecule has 3 rings (SSSR count). The third-order valence-electron chi connectivity index (χ3n) is 3.00. The maximum atomic E-state index is 13.2. The molecule has 122 valence electrons. The van der Waals surface area contributed by atoms with Crippen molar-refractivity contribution in [2.75, 3.05) is 10.6 Å². The van der Waals surface area contributed by atoms with Crippen LogP contribution < -0.4 is 10.6 Å². The largest absolute Gasteiger partial charge is 0.331 e. The molecular formula is C15H11ClFN5OS. The van der Waals surface area contributed by atoms with Crippen molar-refractivity contribution in [3.63, 3.8) is 0 Å². The van der Waals surface area contributed by atoms with Gasteiger partial charge >= 0.3 is 0 Å². The van der Waals surface area contributed by atoms with Crippen LogP contribution in [0.4, 0.5) is 21.0 Å². The molecule has 0 aliphatic heterocycles. The monoisotopic (exact) mass is 363 g/mol. The zero-order valence-corrected chi connectivity index (χ0v) is 14.0. The summed E-state index contributed by atoms with van der Waals surface area (Å²) in [6, 6.07) is 5.84. The van der Waals surface area contributed by atoms with Gasteiger partial charge in [0, 0.05) is 11.9 Å². The fourth-order valence-electron chi connectivity index (χ4n) is 1.90. The van der Waals surface area contributed by atoms with E-state index in [1.807, 2.05) is 0 Å². The summed E-state index contributed by atoms with van der Waals surface area (Å²) < 4.78 is 13.2. The molecule has 0 unspecified atom stereocenters. The quantitative estimate of drug-likeness (QED) is 0.731. The number of nitrogens with one attached hydrogen (secondary N) is 2. The molecule has 0 fully saturated rings. The highest BCUT2D eigenvalue weighted by atomic mass is 35.5. The standard InChI is InChI=1S/C15H11ClFN5OS/c1-8-13(14(23)22-12-4-5-18-7-19-12)24-15(20-8)21-9-2-3-11(17)10(16)6-9/h2-7H,1H3,(H,20,21)(H,18,19,22,23). The molecule has 3 aromatic rings. The van der Waals surface area contributed by atoms with Crippen LogP contribution in [0.2, 0.25) is 5.02 Å². The number of carbonyl (C=O) groups is 1. The number of hydrogen-bond acceptors (Lipinski definition) is 6. The lowest BCUT2D eigenvalue weighted by Crippen LogP contribution is -2.12. The van der Waals surface area contributed by atoms with Crippen LogP contribution in [0, 0.1) is 12.7 Å². The predicted octanol–water partition coefficient (Wildman–Crippen LogP) is 4.03. The van der Waals surface area contributed by atoms with Gasteiger partial charge in [-0.05, 0) is 31.2 Å². The topological polar surface area (TPSA) is 79.8 Å². The highest BCUT2D eigenvalue weighted by Crippen LogP contribution is 2.28. The van der Waals surface area contributed by atoms with Crippen LogP contribution in [0.15, 0.2) is 36.8 Å². The first-order valence-electron chi connectivity index (χ1n) is 6.80. The van der Waals surface area contributed by atoms with Crippen LogP contribution in [0.25, 0.3) is 0 Å². The number of amides is 1. The van der Waals surface area contributed by atoms with Crippen molar-refractivity contribution in [1.29, 1.82) is 0 Å². The first kappa shape index (κ1) is 16.3. The zero-order valence-electron chi connectivity index (χ0n) is 12.4. The van der Waals surface area contributed by atoms with Crippen LogP contribution >= 0.6 is 22.9 Å². The normalized spacial score (nSPS) is 10.5. The van der Waals surface area contributed by atoms with E-state index < -0.39 is 5.82 Å². The number of hydrogen-bond donors (Lipinski definition) is 2. The molecule has 0 radical (unpaired) electrons. The maximum absolute atomic E-state index is 13.2. The van der Waals surface area contributed by atoms with Gasteiger partial charge in [-0.1, -0.05) is 22.9 Å². The van der Waals surface area contributed by atoms with E-state index in [1.54, 1.807) is 19.1 Å². The molecule has 9 heteroatoms. The van der Waals surface area contributed by atoms with Gasteiger partial charge in [-0.25, -0.2) is 19.3 Å².